The van der Waals surface area contributed by atoms with Gasteiger partial charge in [0.25, 0.3) is 0 Å². The zero-order valence-corrected chi connectivity index (χ0v) is 15.0. The molecule has 26 heavy (non-hydrogen) atoms. The Kier molecular flexibility index (Phi) is 5.51. The van der Waals surface area contributed by atoms with Crippen molar-refractivity contribution < 1.29 is 21.9 Å². The molecule has 1 N–H and O–H groups in total. The number of nitrogens with zero attached hydrogens (tertiary/aromatic N) is 1. The molecule has 0 heterocycles. The van der Waals surface area contributed by atoms with Crippen LogP contribution in [0.2, 0.25) is 0 Å². The van der Waals surface area contributed by atoms with Crippen LogP contribution in [0.25, 0.3) is 21.9 Å². The van der Waals surface area contributed by atoms with E-state index in [2.05, 4.69) is 23.2 Å². The monoisotopic (exact) mass is 382 g/mol. The first kappa shape index (κ1) is 17.9. The molecule has 0 aliphatic rings. The van der Waals surface area contributed by atoms with Crippen molar-refractivity contribution >= 4 is 22.7 Å². The molecule has 4 aromatic rings. The summed E-state index contributed by atoms with van der Waals surface area (Å²) in [4.78, 5) is 4.62. The van der Waals surface area contributed by atoms with Gasteiger partial charge >= 0.3 is 0 Å². The predicted octanol–water partition coefficient (Wildman–Crippen LogP) is 5.96. The second kappa shape index (κ2) is 8.00. The number of rotatable bonds is 3. The Hall–Kier alpha value is -2.88. The van der Waals surface area contributed by atoms with Crippen LogP contribution in [0.4, 0.5) is 5.69 Å². The molecule has 0 spiro atoms. The molecule has 129 valence electrons. The predicted molar refractivity (Wildman–Crippen MR) is 105 cm³/mol. The molecule has 4 aromatic carbocycles. The van der Waals surface area contributed by atoms with E-state index in [1.54, 1.807) is 6.21 Å². The number of phenols is 1. The van der Waals surface area contributed by atoms with E-state index in [9.17, 15) is 5.11 Å². The topological polar surface area (TPSA) is 32.6 Å². The summed E-state index contributed by atoms with van der Waals surface area (Å²) in [6, 6.07) is 29.8. The van der Waals surface area contributed by atoms with Gasteiger partial charge in [0.2, 0.25) is 0 Å². The molecule has 1 radical (unpaired) electrons. The molecule has 0 aliphatic carbocycles. The third kappa shape index (κ3) is 3.54. The number of phenolic OH excluding ortho intramolecular Hbond substituents is 1. The van der Waals surface area contributed by atoms with Gasteiger partial charge in [0.15, 0.2) is 0 Å². The molecule has 4 rings (SSSR count). The van der Waals surface area contributed by atoms with Crippen molar-refractivity contribution in [3.8, 4) is 16.9 Å². The molecule has 0 aromatic heterocycles. The third-order valence-corrected chi connectivity index (χ3v) is 4.26. The van der Waals surface area contributed by atoms with Crippen molar-refractivity contribution in [2.75, 3.05) is 0 Å². The van der Waals surface area contributed by atoms with Gasteiger partial charge in [0, 0.05) is 39.5 Å². The van der Waals surface area contributed by atoms with Gasteiger partial charge < -0.3 is 5.11 Å². The first-order valence-electron chi connectivity index (χ1n) is 8.22. The van der Waals surface area contributed by atoms with Crippen molar-refractivity contribution in [3.05, 3.63) is 96.6 Å². The first-order valence-corrected chi connectivity index (χ1v) is 8.22. The van der Waals surface area contributed by atoms with E-state index < -0.39 is 0 Å². The Morgan fingerprint density at radius 3 is 2.23 bits per heavy atom. The van der Waals surface area contributed by atoms with Crippen molar-refractivity contribution in [1.82, 2.24) is 0 Å². The molecule has 0 saturated heterocycles. The van der Waals surface area contributed by atoms with Gasteiger partial charge in [-0.3, -0.25) is 4.99 Å². The average Bonchev–Trinajstić information content (AvgIpc) is 2.68. The average molecular weight is 382 g/mol. The number of fused-ring (bicyclic) bond motifs is 1. The summed E-state index contributed by atoms with van der Waals surface area (Å²) in [7, 11) is 0. The van der Waals surface area contributed by atoms with Crippen molar-refractivity contribution in [2.45, 2.75) is 0 Å². The van der Waals surface area contributed by atoms with Gasteiger partial charge in [-0.05, 0) is 23.1 Å². The maximum absolute atomic E-state index is 10.6. The number of aliphatic imine (C=N–C) groups is 1. The standard InChI is InChI=1S/C23H17NO.Co/c25-23-19(12-6-14-21(23)18-8-2-1-3-9-18)16-24-22-15-7-11-17-10-4-5-13-20(17)22;/h1-16,25H;. The molecule has 0 saturated carbocycles. The van der Waals surface area contributed by atoms with Crippen molar-refractivity contribution in [3.63, 3.8) is 0 Å². The van der Waals surface area contributed by atoms with Gasteiger partial charge in [0.05, 0.1) is 5.69 Å². The van der Waals surface area contributed by atoms with E-state index in [-0.39, 0.29) is 22.5 Å². The first-order chi connectivity index (χ1) is 12.3. The molecule has 0 amide bonds. The maximum atomic E-state index is 10.6. The van der Waals surface area contributed by atoms with E-state index >= 15 is 0 Å². The molecule has 0 bridgehead atoms. The quantitative estimate of drug-likeness (QED) is 0.436. The summed E-state index contributed by atoms with van der Waals surface area (Å²) in [5, 5.41) is 12.9. The largest absolute Gasteiger partial charge is 0.507 e. The molecule has 0 atom stereocenters. The molecule has 2 nitrogen and oxygen atoms in total. The summed E-state index contributed by atoms with van der Waals surface area (Å²) < 4.78 is 0. The Morgan fingerprint density at radius 2 is 1.38 bits per heavy atom. The van der Waals surface area contributed by atoms with Crippen LogP contribution in [0.15, 0.2) is 96.0 Å². The van der Waals surface area contributed by atoms with Crippen molar-refractivity contribution in [1.29, 1.82) is 0 Å². The van der Waals surface area contributed by atoms with Crippen LogP contribution in [0.5, 0.6) is 5.75 Å². The fraction of sp³-hybridized carbons (Fsp3) is 0. The smallest absolute Gasteiger partial charge is 0.132 e. The van der Waals surface area contributed by atoms with Crippen LogP contribution in [-0.4, -0.2) is 11.3 Å². The summed E-state index contributed by atoms with van der Waals surface area (Å²) in [5.41, 5.74) is 3.39. The third-order valence-electron chi connectivity index (χ3n) is 4.26. The van der Waals surface area contributed by atoms with E-state index in [0.29, 0.717) is 5.56 Å². The van der Waals surface area contributed by atoms with Crippen LogP contribution >= 0.6 is 0 Å². The minimum atomic E-state index is 0. The summed E-state index contributed by atoms with van der Waals surface area (Å²) in [6.07, 6.45) is 1.73. The number of benzene rings is 4. The van der Waals surface area contributed by atoms with Crippen LogP contribution in [0, 0.1) is 0 Å². The minimum absolute atomic E-state index is 0. The number of hydrogen-bond donors (Lipinski definition) is 1. The molecular weight excluding hydrogens is 365 g/mol. The van der Waals surface area contributed by atoms with E-state index in [0.717, 1.165) is 27.6 Å². The van der Waals surface area contributed by atoms with Gasteiger partial charge in [-0.1, -0.05) is 78.9 Å². The van der Waals surface area contributed by atoms with Gasteiger partial charge in [-0.15, -0.1) is 0 Å². The van der Waals surface area contributed by atoms with Gasteiger partial charge in [-0.25, -0.2) is 0 Å². The van der Waals surface area contributed by atoms with Gasteiger partial charge in [0.1, 0.15) is 5.75 Å². The normalized spacial score (nSPS) is 10.8. The summed E-state index contributed by atoms with van der Waals surface area (Å²) in [6.45, 7) is 0. The number of aromatic hydroxyl groups is 1. The Bertz CT molecular complexity index is 1050. The van der Waals surface area contributed by atoms with Crippen LogP contribution in [0.1, 0.15) is 5.56 Å². The maximum Gasteiger partial charge on any atom is 0.132 e. The second-order valence-electron chi connectivity index (χ2n) is 5.87. The van der Waals surface area contributed by atoms with Gasteiger partial charge in [-0.2, -0.15) is 0 Å². The zero-order valence-electron chi connectivity index (χ0n) is 14.0. The van der Waals surface area contributed by atoms with E-state index in [1.165, 1.54) is 0 Å². The Labute approximate surface area is 163 Å². The number of hydrogen-bond acceptors (Lipinski definition) is 2. The molecule has 0 aliphatic heterocycles. The number of para-hydroxylation sites is 1. The SMILES string of the molecule is Oc1c(C=Nc2cccc3ccccc23)cccc1-c1ccccc1.[Co]. The molecule has 0 fully saturated rings. The fourth-order valence-electron chi connectivity index (χ4n) is 2.98. The minimum Gasteiger partial charge on any atom is -0.507 e. The fourth-order valence-corrected chi connectivity index (χ4v) is 2.98. The van der Waals surface area contributed by atoms with E-state index in [4.69, 9.17) is 0 Å². The second-order valence-corrected chi connectivity index (χ2v) is 5.87. The molecule has 3 heteroatoms. The van der Waals surface area contributed by atoms with E-state index in [1.807, 2.05) is 72.8 Å². The Morgan fingerprint density at radius 1 is 0.692 bits per heavy atom. The summed E-state index contributed by atoms with van der Waals surface area (Å²) in [5.74, 6) is 0.248. The van der Waals surface area contributed by atoms with Crippen LogP contribution in [-0.2, 0) is 16.8 Å². The van der Waals surface area contributed by atoms with Crippen LogP contribution < -0.4 is 0 Å². The van der Waals surface area contributed by atoms with Crippen LogP contribution in [0.3, 0.4) is 0 Å². The Balaban J connectivity index is 0.00000196. The molecule has 0 unspecified atom stereocenters. The zero-order chi connectivity index (χ0) is 17.1. The summed E-state index contributed by atoms with van der Waals surface area (Å²) >= 11 is 0. The van der Waals surface area contributed by atoms with Crippen molar-refractivity contribution in [2.24, 2.45) is 4.99 Å². The molecular formula is C23H17CoNO.